The number of carbonyl (C=O) groups excluding carboxylic acids is 1. The van der Waals surface area contributed by atoms with Crippen LogP contribution in [-0.2, 0) is 15.1 Å². The molecule has 4 heteroatoms. The molecule has 0 radical (unpaired) electrons. The van der Waals surface area contributed by atoms with Gasteiger partial charge in [0.2, 0.25) is 0 Å². The molecule has 0 amide bonds. The summed E-state index contributed by atoms with van der Waals surface area (Å²) in [7, 11) is 0. The summed E-state index contributed by atoms with van der Waals surface area (Å²) in [6.45, 7) is 5.05. The fourth-order valence-corrected chi connectivity index (χ4v) is 3.82. The van der Waals surface area contributed by atoms with Crippen LogP contribution in [0, 0.1) is 5.92 Å². The zero-order valence-electron chi connectivity index (χ0n) is 16.8. The number of aliphatic hydroxyl groups is 1. The smallest absolute Gasteiger partial charge is 0.308 e. The average Bonchev–Trinajstić information content (AvgIpc) is 2.73. The Bertz CT molecular complexity index is 756. The highest BCUT2D eigenvalue weighted by Gasteiger charge is 2.37. The Balaban J connectivity index is 1.65. The van der Waals surface area contributed by atoms with Crippen molar-refractivity contribution in [1.29, 1.82) is 0 Å². The van der Waals surface area contributed by atoms with Crippen molar-refractivity contribution in [2.45, 2.75) is 51.6 Å². The number of ether oxygens (including phenoxy) is 2. The number of carbonyl (C=O) groups is 1. The van der Waals surface area contributed by atoms with Crippen molar-refractivity contribution in [3.8, 4) is 16.9 Å². The molecule has 0 aromatic heterocycles. The van der Waals surface area contributed by atoms with Gasteiger partial charge in [0.15, 0.2) is 0 Å². The van der Waals surface area contributed by atoms with Crippen LogP contribution in [0.2, 0.25) is 0 Å². The summed E-state index contributed by atoms with van der Waals surface area (Å²) in [6.07, 6.45) is 3.48. The molecule has 0 heterocycles. The van der Waals surface area contributed by atoms with Gasteiger partial charge < -0.3 is 14.6 Å². The topological polar surface area (TPSA) is 55.8 Å². The van der Waals surface area contributed by atoms with E-state index in [1.54, 1.807) is 0 Å². The van der Waals surface area contributed by atoms with Crippen LogP contribution >= 0.6 is 0 Å². The fraction of sp³-hybridized carbons (Fsp3) is 0.458. The third-order valence-corrected chi connectivity index (χ3v) is 5.52. The zero-order chi connectivity index (χ0) is 20.0. The van der Waals surface area contributed by atoms with Crippen LogP contribution in [0.5, 0.6) is 5.75 Å². The van der Waals surface area contributed by atoms with Crippen LogP contribution in [0.15, 0.2) is 48.5 Å². The van der Waals surface area contributed by atoms with Crippen molar-refractivity contribution in [3.05, 3.63) is 54.1 Å². The summed E-state index contributed by atoms with van der Waals surface area (Å²) in [4.78, 5) is 11.9. The molecule has 1 saturated carbocycles. The lowest BCUT2D eigenvalue weighted by molar-refractivity contribution is -0.151. The molecule has 1 N–H and O–H groups in total. The van der Waals surface area contributed by atoms with E-state index in [0.29, 0.717) is 32.3 Å². The molecule has 1 aliphatic rings. The molecule has 3 rings (SSSR count). The van der Waals surface area contributed by atoms with Crippen molar-refractivity contribution >= 4 is 5.97 Å². The predicted molar refractivity (Wildman–Crippen MR) is 110 cm³/mol. The molecule has 0 atom stereocenters. The summed E-state index contributed by atoms with van der Waals surface area (Å²) in [6, 6.07) is 16.2. The summed E-state index contributed by atoms with van der Waals surface area (Å²) in [5.41, 5.74) is 2.28. The summed E-state index contributed by atoms with van der Waals surface area (Å²) < 4.78 is 10.8. The first kappa shape index (κ1) is 20.4. The first-order chi connectivity index (χ1) is 13.6. The number of benzene rings is 2. The SMILES string of the molecule is CCCOc1ccc(-c2ccc(C3(O)CCC(C(=O)OCC)CC3)cc2)cc1. The molecular formula is C24H30O4. The Morgan fingerprint density at radius 1 is 1.00 bits per heavy atom. The second kappa shape index (κ2) is 9.24. The van der Waals surface area contributed by atoms with E-state index in [4.69, 9.17) is 9.47 Å². The minimum atomic E-state index is -0.862. The van der Waals surface area contributed by atoms with Crippen LogP contribution in [0.3, 0.4) is 0 Å². The first-order valence-electron chi connectivity index (χ1n) is 10.3. The monoisotopic (exact) mass is 382 g/mol. The third-order valence-electron chi connectivity index (χ3n) is 5.52. The second-order valence-corrected chi connectivity index (χ2v) is 7.51. The number of hydrogen-bond donors (Lipinski definition) is 1. The number of hydrogen-bond acceptors (Lipinski definition) is 4. The maximum absolute atomic E-state index is 11.9. The molecule has 150 valence electrons. The standard InChI is InChI=1S/C24H30O4/c1-3-17-28-22-11-7-19(8-12-22)18-5-9-21(10-6-18)24(26)15-13-20(14-16-24)23(25)27-4-2/h5-12,20,26H,3-4,13-17H2,1-2H3. The van der Waals surface area contributed by atoms with Gasteiger partial charge in [0.25, 0.3) is 0 Å². The van der Waals surface area contributed by atoms with Gasteiger partial charge in [-0.3, -0.25) is 4.79 Å². The molecule has 0 aliphatic heterocycles. The molecule has 4 nitrogen and oxygen atoms in total. The molecule has 0 unspecified atom stereocenters. The normalized spacial score (nSPS) is 21.9. The van der Waals surface area contributed by atoms with Gasteiger partial charge in [0.05, 0.1) is 24.7 Å². The molecule has 2 aromatic rings. The molecule has 0 bridgehead atoms. The van der Waals surface area contributed by atoms with Gasteiger partial charge in [0, 0.05) is 0 Å². The average molecular weight is 383 g/mol. The van der Waals surface area contributed by atoms with Crippen LogP contribution < -0.4 is 4.74 Å². The van der Waals surface area contributed by atoms with Gasteiger partial charge in [-0.25, -0.2) is 0 Å². The highest BCUT2D eigenvalue weighted by atomic mass is 16.5. The van der Waals surface area contributed by atoms with E-state index < -0.39 is 5.60 Å². The van der Waals surface area contributed by atoms with E-state index >= 15 is 0 Å². The van der Waals surface area contributed by atoms with Crippen molar-refractivity contribution < 1.29 is 19.4 Å². The molecule has 1 fully saturated rings. The second-order valence-electron chi connectivity index (χ2n) is 7.51. The third kappa shape index (κ3) is 4.74. The van der Waals surface area contributed by atoms with Gasteiger partial charge in [-0.05, 0) is 67.9 Å². The molecule has 0 spiro atoms. The van der Waals surface area contributed by atoms with E-state index in [-0.39, 0.29) is 11.9 Å². The van der Waals surface area contributed by atoms with Crippen LogP contribution in [-0.4, -0.2) is 24.3 Å². The Kier molecular flexibility index (Phi) is 6.74. The zero-order valence-corrected chi connectivity index (χ0v) is 16.8. The minimum absolute atomic E-state index is 0.0899. The van der Waals surface area contributed by atoms with Gasteiger partial charge in [-0.15, -0.1) is 0 Å². The molecule has 1 aliphatic carbocycles. The quantitative estimate of drug-likeness (QED) is 0.678. The predicted octanol–water partition coefficient (Wildman–Crippen LogP) is 5.08. The summed E-state index contributed by atoms with van der Waals surface area (Å²) >= 11 is 0. The first-order valence-corrected chi connectivity index (χ1v) is 10.3. The lowest BCUT2D eigenvalue weighted by Crippen LogP contribution is -2.34. The lowest BCUT2D eigenvalue weighted by atomic mass is 9.75. The van der Waals surface area contributed by atoms with Gasteiger partial charge in [0.1, 0.15) is 5.75 Å². The van der Waals surface area contributed by atoms with Gasteiger partial charge in [-0.2, -0.15) is 0 Å². The Hall–Kier alpha value is -2.33. The Morgan fingerprint density at radius 3 is 2.11 bits per heavy atom. The van der Waals surface area contributed by atoms with E-state index in [2.05, 4.69) is 19.1 Å². The summed E-state index contributed by atoms with van der Waals surface area (Å²) in [5.74, 6) is 0.661. The van der Waals surface area contributed by atoms with Gasteiger partial charge in [-0.1, -0.05) is 43.3 Å². The maximum atomic E-state index is 11.9. The van der Waals surface area contributed by atoms with Crippen molar-refractivity contribution in [2.75, 3.05) is 13.2 Å². The van der Waals surface area contributed by atoms with Crippen molar-refractivity contribution in [2.24, 2.45) is 5.92 Å². The number of esters is 1. The highest BCUT2D eigenvalue weighted by molar-refractivity contribution is 5.72. The summed E-state index contributed by atoms with van der Waals surface area (Å²) in [5, 5.41) is 11.1. The Labute approximate surface area is 167 Å². The van der Waals surface area contributed by atoms with Crippen LogP contribution in [0.1, 0.15) is 51.5 Å². The van der Waals surface area contributed by atoms with Crippen molar-refractivity contribution in [1.82, 2.24) is 0 Å². The lowest BCUT2D eigenvalue weighted by Gasteiger charge is -2.35. The van der Waals surface area contributed by atoms with E-state index in [1.807, 2.05) is 43.3 Å². The van der Waals surface area contributed by atoms with Crippen LogP contribution in [0.4, 0.5) is 0 Å². The molecule has 2 aromatic carbocycles. The maximum Gasteiger partial charge on any atom is 0.308 e. The molecular weight excluding hydrogens is 352 g/mol. The largest absolute Gasteiger partial charge is 0.494 e. The van der Waals surface area contributed by atoms with E-state index in [0.717, 1.165) is 35.5 Å². The van der Waals surface area contributed by atoms with Gasteiger partial charge >= 0.3 is 5.97 Å². The Morgan fingerprint density at radius 2 is 1.57 bits per heavy atom. The minimum Gasteiger partial charge on any atom is -0.494 e. The molecule has 28 heavy (non-hydrogen) atoms. The van der Waals surface area contributed by atoms with E-state index in [9.17, 15) is 9.90 Å². The van der Waals surface area contributed by atoms with E-state index in [1.165, 1.54) is 0 Å². The molecule has 0 saturated heterocycles. The number of rotatable bonds is 7. The highest BCUT2D eigenvalue weighted by Crippen LogP contribution is 2.40. The fourth-order valence-electron chi connectivity index (χ4n) is 3.82. The van der Waals surface area contributed by atoms with Crippen molar-refractivity contribution in [3.63, 3.8) is 0 Å². The van der Waals surface area contributed by atoms with Crippen LogP contribution in [0.25, 0.3) is 11.1 Å².